The Bertz CT molecular complexity index is 345. The van der Waals surface area contributed by atoms with Gasteiger partial charge in [-0.3, -0.25) is 0 Å². The van der Waals surface area contributed by atoms with E-state index in [-0.39, 0.29) is 25.1 Å². The lowest BCUT2D eigenvalue weighted by molar-refractivity contribution is 0.163. The predicted molar refractivity (Wildman–Crippen MR) is 63.6 cm³/mol. The van der Waals surface area contributed by atoms with E-state index < -0.39 is 6.04 Å². The summed E-state index contributed by atoms with van der Waals surface area (Å²) in [6.45, 7) is 1.41. The van der Waals surface area contributed by atoms with Crippen molar-refractivity contribution in [3.05, 3.63) is 34.1 Å². The lowest BCUT2D eigenvalue weighted by Crippen LogP contribution is -2.37. The van der Waals surface area contributed by atoms with Crippen molar-refractivity contribution in [1.82, 2.24) is 5.32 Å². The lowest BCUT2D eigenvalue weighted by Gasteiger charge is -2.20. The standard InChI is InChI=1S/C11H15BrFNO2/c1-7(14-9(5-15)6-16)10-4-8(12)2-3-11(10)13/h2-4,7,9,14-16H,5-6H2,1H3. The van der Waals surface area contributed by atoms with Gasteiger partial charge in [-0.15, -0.1) is 0 Å². The topological polar surface area (TPSA) is 52.5 Å². The van der Waals surface area contributed by atoms with Gasteiger partial charge < -0.3 is 15.5 Å². The first kappa shape index (κ1) is 13.6. The van der Waals surface area contributed by atoms with Crippen LogP contribution >= 0.6 is 15.9 Å². The molecule has 0 heterocycles. The van der Waals surface area contributed by atoms with Crippen molar-refractivity contribution in [2.45, 2.75) is 19.0 Å². The van der Waals surface area contributed by atoms with E-state index >= 15 is 0 Å². The van der Waals surface area contributed by atoms with Gasteiger partial charge in [0.15, 0.2) is 0 Å². The number of rotatable bonds is 5. The summed E-state index contributed by atoms with van der Waals surface area (Å²) in [6, 6.07) is 3.97. The van der Waals surface area contributed by atoms with Crippen molar-refractivity contribution < 1.29 is 14.6 Å². The summed E-state index contributed by atoms with van der Waals surface area (Å²) in [6.07, 6.45) is 0. The molecule has 0 fully saturated rings. The highest BCUT2D eigenvalue weighted by atomic mass is 79.9. The Morgan fingerprint density at radius 3 is 2.56 bits per heavy atom. The Hall–Kier alpha value is -0.490. The number of aliphatic hydroxyl groups excluding tert-OH is 2. The van der Waals surface area contributed by atoms with Crippen LogP contribution in [0, 0.1) is 5.82 Å². The molecule has 0 amide bonds. The maximum absolute atomic E-state index is 13.5. The molecule has 3 N–H and O–H groups in total. The van der Waals surface area contributed by atoms with Gasteiger partial charge >= 0.3 is 0 Å². The molecule has 0 aliphatic carbocycles. The Morgan fingerprint density at radius 1 is 1.38 bits per heavy atom. The number of aliphatic hydroxyl groups is 2. The number of hydrogen-bond acceptors (Lipinski definition) is 3. The first-order chi connectivity index (χ1) is 7.58. The Morgan fingerprint density at radius 2 is 2.00 bits per heavy atom. The fourth-order valence-corrected chi connectivity index (χ4v) is 1.83. The number of nitrogens with one attached hydrogen (secondary N) is 1. The molecule has 16 heavy (non-hydrogen) atoms. The molecule has 0 radical (unpaired) electrons. The highest BCUT2D eigenvalue weighted by Crippen LogP contribution is 2.21. The molecule has 90 valence electrons. The SMILES string of the molecule is CC(NC(CO)CO)c1cc(Br)ccc1F. The smallest absolute Gasteiger partial charge is 0.128 e. The van der Waals surface area contributed by atoms with Crippen molar-refractivity contribution in [3.63, 3.8) is 0 Å². The first-order valence-electron chi connectivity index (χ1n) is 5.01. The third kappa shape index (κ3) is 3.52. The van der Waals surface area contributed by atoms with Crippen LogP contribution in [0.4, 0.5) is 4.39 Å². The van der Waals surface area contributed by atoms with Gasteiger partial charge in [0, 0.05) is 16.1 Å². The van der Waals surface area contributed by atoms with Gasteiger partial charge in [-0.25, -0.2) is 4.39 Å². The Labute approximate surface area is 102 Å². The van der Waals surface area contributed by atoms with Gasteiger partial charge in [0.05, 0.1) is 19.3 Å². The van der Waals surface area contributed by atoms with Crippen LogP contribution in [0.3, 0.4) is 0 Å². The van der Waals surface area contributed by atoms with Crippen molar-refractivity contribution in [2.75, 3.05) is 13.2 Å². The normalized spacial score (nSPS) is 13.1. The fraction of sp³-hybridized carbons (Fsp3) is 0.455. The van der Waals surface area contributed by atoms with Crippen molar-refractivity contribution in [3.8, 4) is 0 Å². The molecule has 1 aromatic rings. The van der Waals surface area contributed by atoms with E-state index in [4.69, 9.17) is 10.2 Å². The maximum Gasteiger partial charge on any atom is 0.128 e. The molecular weight excluding hydrogens is 277 g/mol. The fourth-order valence-electron chi connectivity index (χ4n) is 1.45. The quantitative estimate of drug-likeness (QED) is 0.772. The summed E-state index contributed by atoms with van der Waals surface area (Å²) in [5.41, 5.74) is 0.501. The molecule has 0 aromatic heterocycles. The van der Waals surface area contributed by atoms with E-state index in [0.717, 1.165) is 4.47 Å². The van der Waals surface area contributed by atoms with Crippen molar-refractivity contribution >= 4 is 15.9 Å². The summed E-state index contributed by atoms with van der Waals surface area (Å²) in [5, 5.41) is 20.8. The Kier molecular flexibility index (Phi) is 5.34. The zero-order valence-corrected chi connectivity index (χ0v) is 10.5. The Balaban J connectivity index is 2.79. The van der Waals surface area contributed by atoms with E-state index in [0.29, 0.717) is 5.56 Å². The molecule has 0 bridgehead atoms. The third-order valence-electron chi connectivity index (χ3n) is 2.35. The molecule has 1 aromatic carbocycles. The van der Waals surface area contributed by atoms with E-state index in [9.17, 15) is 4.39 Å². The molecular formula is C11H15BrFNO2. The summed E-state index contributed by atoms with van der Waals surface area (Å²) in [4.78, 5) is 0. The molecule has 0 spiro atoms. The molecule has 1 rings (SSSR count). The average molecular weight is 292 g/mol. The van der Waals surface area contributed by atoms with E-state index in [1.807, 2.05) is 0 Å². The van der Waals surface area contributed by atoms with E-state index in [2.05, 4.69) is 21.2 Å². The van der Waals surface area contributed by atoms with Gasteiger partial charge in [-0.1, -0.05) is 15.9 Å². The van der Waals surface area contributed by atoms with Crippen LogP contribution in [-0.4, -0.2) is 29.5 Å². The molecule has 0 aliphatic rings. The van der Waals surface area contributed by atoms with Crippen LogP contribution in [0.1, 0.15) is 18.5 Å². The second-order valence-corrected chi connectivity index (χ2v) is 4.53. The van der Waals surface area contributed by atoms with Gasteiger partial charge in [-0.05, 0) is 25.1 Å². The molecule has 0 aliphatic heterocycles. The maximum atomic E-state index is 13.5. The van der Waals surface area contributed by atoms with Crippen LogP contribution in [0.15, 0.2) is 22.7 Å². The highest BCUT2D eigenvalue weighted by molar-refractivity contribution is 9.10. The second-order valence-electron chi connectivity index (χ2n) is 3.62. The molecule has 0 saturated heterocycles. The lowest BCUT2D eigenvalue weighted by atomic mass is 10.1. The largest absolute Gasteiger partial charge is 0.395 e. The zero-order chi connectivity index (χ0) is 12.1. The average Bonchev–Trinajstić information content (AvgIpc) is 2.28. The third-order valence-corrected chi connectivity index (χ3v) is 2.84. The number of hydrogen-bond donors (Lipinski definition) is 3. The summed E-state index contributed by atoms with van der Waals surface area (Å²) in [5.74, 6) is -0.308. The van der Waals surface area contributed by atoms with Crippen molar-refractivity contribution in [1.29, 1.82) is 0 Å². The zero-order valence-electron chi connectivity index (χ0n) is 8.95. The van der Waals surface area contributed by atoms with Gasteiger partial charge in [-0.2, -0.15) is 0 Å². The summed E-state index contributed by atoms with van der Waals surface area (Å²) in [7, 11) is 0. The minimum absolute atomic E-state index is 0.184. The molecule has 3 nitrogen and oxygen atoms in total. The van der Waals surface area contributed by atoms with Gasteiger partial charge in [0.1, 0.15) is 5.82 Å². The molecule has 1 atom stereocenters. The molecule has 0 saturated carbocycles. The molecule has 1 unspecified atom stereocenters. The summed E-state index contributed by atoms with van der Waals surface area (Å²) >= 11 is 3.27. The number of benzene rings is 1. The number of halogens is 2. The summed E-state index contributed by atoms with van der Waals surface area (Å²) < 4.78 is 14.3. The van der Waals surface area contributed by atoms with Gasteiger partial charge in [0.2, 0.25) is 0 Å². The first-order valence-corrected chi connectivity index (χ1v) is 5.80. The van der Waals surface area contributed by atoms with E-state index in [1.165, 1.54) is 6.07 Å². The minimum atomic E-state index is -0.437. The van der Waals surface area contributed by atoms with Crippen LogP contribution in [0.2, 0.25) is 0 Å². The predicted octanol–water partition coefficient (Wildman–Crippen LogP) is 1.59. The minimum Gasteiger partial charge on any atom is -0.395 e. The van der Waals surface area contributed by atoms with Crippen LogP contribution in [-0.2, 0) is 0 Å². The monoisotopic (exact) mass is 291 g/mol. The molecule has 5 heteroatoms. The van der Waals surface area contributed by atoms with Crippen LogP contribution < -0.4 is 5.32 Å². The second kappa shape index (κ2) is 6.30. The highest BCUT2D eigenvalue weighted by Gasteiger charge is 2.15. The van der Waals surface area contributed by atoms with Gasteiger partial charge in [0.25, 0.3) is 0 Å². The van der Waals surface area contributed by atoms with Crippen molar-refractivity contribution in [2.24, 2.45) is 0 Å². The van der Waals surface area contributed by atoms with E-state index in [1.54, 1.807) is 19.1 Å². The van der Waals surface area contributed by atoms with Crippen LogP contribution in [0.5, 0.6) is 0 Å². The van der Waals surface area contributed by atoms with Crippen LogP contribution in [0.25, 0.3) is 0 Å².